The van der Waals surface area contributed by atoms with Gasteiger partial charge >= 0.3 is 0 Å². The molecule has 0 saturated heterocycles. The Morgan fingerprint density at radius 3 is 2.73 bits per heavy atom. The Morgan fingerprint density at radius 2 is 2.00 bits per heavy atom. The zero-order valence-electron chi connectivity index (χ0n) is 18.3. The van der Waals surface area contributed by atoms with E-state index >= 15 is 0 Å². The molecule has 0 amide bonds. The number of hydrogen-bond donors (Lipinski definition) is 1. The molecule has 8 nitrogen and oxygen atoms in total. The predicted octanol–water partition coefficient (Wildman–Crippen LogP) is 5.51. The molecule has 3 heterocycles. The third-order valence-electron chi connectivity index (χ3n) is 6.10. The average Bonchev–Trinajstić information content (AvgIpc) is 3.58. The fourth-order valence-electron chi connectivity index (χ4n) is 4.44. The number of aliphatic hydroxyl groups is 1. The number of para-hydroxylation sites is 2. The van der Waals surface area contributed by atoms with Crippen LogP contribution in [-0.2, 0) is 7.05 Å². The molecule has 1 fully saturated rings. The molecule has 0 unspecified atom stereocenters. The molecule has 4 aromatic rings. The fourth-order valence-corrected chi connectivity index (χ4v) is 5.32. The van der Waals surface area contributed by atoms with E-state index in [1.807, 2.05) is 48.0 Å². The lowest BCUT2D eigenvalue weighted by atomic mass is 9.95. The van der Waals surface area contributed by atoms with Gasteiger partial charge in [-0.05, 0) is 37.1 Å². The number of benzene rings is 1. The molecule has 0 bridgehead atoms. The van der Waals surface area contributed by atoms with Crippen molar-refractivity contribution in [3.63, 3.8) is 0 Å². The number of aryl methyl sites for hydroxylation is 1. The lowest BCUT2D eigenvalue weighted by molar-refractivity contribution is 0.337. The summed E-state index contributed by atoms with van der Waals surface area (Å²) in [5.41, 5.74) is 1.85. The van der Waals surface area contributed by atoms with Crippen LogP contribution in [0.15, 0.2) is 58.0 Å². The van der Waals surface area contributed by atoms with Gasteiger partial charge in [0.2, 0.25) is 5.82 Å². The van der Waals surface area contributed by atoms with Crippen molar-refractivity contribution in [1.29, 1.82) is 5.26 Å². The highest BCUT2D eigenvalue weighted by Crippen LogP contribution is 2.36. The number of hydrogen-bond acceptors (Lipinski definition) is 7. The van der Waals surface area contributed by atoms with Crippen molar-refractivity contribution < 1.29 is 9.52 Å². The molecule has 0 radical (unpaired) electrons. The minimum atomic E-state index is -0.0290. The maximum Gasteiger partial charge on any atom is 0.200 e. The Balaban J connectivity index is 1.46. The molecule has 0 atom stereocenters. The second kappa shape index (κ2) is 9.16. The standard InChI is InChI=1S/C24H24N6O2S/c1-29-19-11-6-5-10-18(19)26-22(29)17(14-25)20(31)15-33-24-28-27-23(21-12-7-13-32-21)30(24)16-8-3-2-4-9-16/h5-7,10-13,16,31H,2-4,8-9,15H2,1H3/b20-17-. The molecule has 1 aliphatic rings. The molecule has 3 aromatic heterocycles. The summed E-state index contributed by atoms with van der Waals surface area (Å²) in [6.07, 6.45) is 7.33. The van der Waals surface area contributed by atoms with Crippen LogP contribution in [0.4, 0.5) is 0 Å². The normalized spacial score (nSPS) is 15.5. The highest BCUT2D eigenvalue weighted by Gasteiger charge is 2.25. The zero-order chi connectivity index (χ0) is 22.8. The summed E-state index contributed by atoms with van der Waals surface area (Å²) in [6.45, 7) is 0. The average molecular weight is 461 g/mol. The van der Waals surface area contributed by atoms with Gasteiger partial charge in [0.1, 0.15) is 17.4 Å². The molecule has 0 spiro atoms. The van der Waals surface area contributed by atoms with Crippen molar-refractivity contribution in [1.82, 2.24) is 24.3 Å². The van der Waals surface area contributed by atoms with Gasteiger partial charge in [0, 0.05) is 13.1 Å². The highest BCUT2D eigenvalue weighted by molar-refractivity contribution is 7.99. The number of aliphatic hydroxyl groups excluding tert-OH is 1. The summed E-state index contributed by atoms with van der Waals surface area (Å²) in [5, 5.41) is 30.2. The Hall–Kier alpha value is -3.51. The second-order valence-corrected chi connectivity index (χ2v) is 9.09. The number of nitriles is 1. The number of imidazole rings is 1. The molecular weight excluding hydrogens is 436 g/mol. The molecule has 5 rings (SSSR count). The monoisotopic (exact) mass is 460 g/mol. The number of furan rings is 1. The topological polar surface area (TPSA) is 106 Å². The highest BCUT2D eigenvalue weighted by atomic mass is 32.2. The van der Waals surface area contributed by atoms with E-state index in [1.54, 1.807) is 6.26 Å². The first-order valence-corrected chi connectivity index (χ1v) is 12.0. The zero-order valence-corrected chi connectivity index (χ0v) is 19.1. The van der Waals surface area contributed by atoms with Crippen molar-refractivity contribution in [3.05, 3.63) is 54.2 Å². The molecular formula is C24H24N6O2S. The maximum absolute atomic E-state index is 10.9. The second-order valence-electron chi connectivity index (χ2n) is 8.15. The first kappa shape index (κ1) is 21.3. The van der Waals surface area contributed by atoms with Gasteiger partial charge in [-0.3, -0.25) is 4.57 Å². The Labute approximate surface area is 195 Å². The Kier molecular flexibility index (Phi) is 5.92. The predicted molar refractivity (Wildman–Crippen MR) is 126 cm³/mol. The molecule has 9 heteroatoms. The van der Waals surface area contributed by atoms with Crippen molar-refractivity contribution >= 4 is 28.4 Å². The summed E-state index contributed by atoms with van der Waals surface area (Å²) in [6, 6.07) is 13.8. The summed E-state index contributed by atoms with van der Waals surface area (Å²) < 4.78 is 9.56. The molecule has 33 heavy (non-hydrogen) atoms. The largest absolute Gasteiger partial charge is 0.510 e. The van der Waals surface area contributed by atoms with Crippen molar-refractivity contribution in [3.8, 4) is 17.7 Å². The molecule has 1 N–H and O–H groups in total. The summed E-state index contributed by atoms with van der Waals surface area (Å²) in [5.74, 6) is 1.99. The SMILES string of the molecule is Cn1c(/C(C#N)=C(\O)CSc2nnc(-c3ccco3)n2C2CCCCC2)nc2ccccc21. The number of allylic oxidation sites excluding steroid dienone is 1. The fraction of sp³-hybridized carbons (Fsp3) is 0.333. The molecule has 1 aromatic carbocycles. The maximum atomic E-state index is 10.9. The van der Waals surface area contributed by atoms with Crippen LogP contribution in [0, 0.1) is 11.3 Å². The number of rotatable bonds is 6. The van der Waals surface area contributed by atoms with E-state index in [-0.39, 0.29) is 23.1 Å². The van der Waals surface area contributed by atoms with E-state index < -0.39 is 0 Å². The minimum absolute atomic E-state index is 0.0290. The first-order valence-electron chi connectivity index (χ1n) is 11.0. The Morgan fingerprint density at radius 1 is 1.18 bits per heavy atom. The lowest BCUT2D eigenvalue weighted by Gasteiger charge is -2.25. The summed E-state index contributed by atoms with van der Waals surface area (Å²) in [4.78, 5) is 4.56. The number of fused-ring (bicyclic) bond motifs is 1. The molecule has 1 saturated carbocycles. The van der Waals surface area contributed by atoms with Crippen molar-refractivity contribution in [2.45, 2.75) is 43.3 Å². The van der Waals surface area contributed by atoms with Gasteiger partial charge in [0.05, 0.1) is 23.0 Å². The van der Waals surface area contributed by atoms with E-state index in [1.165, 1.54) is 31.0 Å². The van der Waals surface area contributed by atoms with Gasteiger partial charge in [0.25, 0.3) is 0 Å². The van der Waals surface area contributed by atoms with Gasteiger partial charge < -0.3 is 14.1 Å². The minimum Gasteiger partial charge on any atom is -0.510 e. The number of thioether (sulfide) groups is 1. The van der Waals surface area contributed by atoms with Crippen LogP contribution in [0.1, 0.15) is 44.0 Å². The van der Waals surface area contributed by atoms with E-state index in [2.05, 4.69) is 25.8 Å². The van der Waals surface area contributed by atoms with Gasteiger partial charge in [-0.15, -0.1) is 10.2 Å². The van der Waals surface area contributed by atoms with Crippen molar-refractivity contribution in [2.24, 2.45) is 7.05 Å². The van der Waals surface area contributed by atoms with Gasteiger partial charge in [-0.1, -0.05) is 43.2 Å². The first-order chi connectivity index (χ1) is 16.2. The molecule has 0 aliphatic heterocycles. The van der Waals surface area contributed by atoms with Gasteiger partial charge in [-0.25, -0.2) is 4.98 Å². The Bertz CT molecular complexity index is 1340. The van der Waals surface area contributed by atoms with E-state index in [9.17, 15) is 10.4 Å². The lowest BCUT2D eigenvalue weighted by Crippen LogP contribution is -2.15. The van der Waals surface area contributed by atoms with Crippen LogP contribution in [0.25, 0.3) is 28.2 Å². The summed E-state index contributed by atoms with van der Waals surface area (Å²) in [7, 11) is 1.85. The van der Waals surface area contributed by atoms with Crippen LogP contribution in [0.2, 0.25) is 0 Å². The van der Waals surface area contributed by atoms with Gasteiger partial charge in [0.15, 0.2) is 16.7 Å². The van der Waals surface area contributed by atoms with E-state index in [0.717, 1.165) is 23.9 Å². The van der Waals surface area contributed by atoms with E-state index in [4.69, 9.17) is 4.42 Å². The van der Waals surface area contributed by atoms with Crippen LogP contribution >= 0.6 is 11.8 Å². The molecule has 168 valence electrons. The quantitative estimate of drug-likeness (QED) is 0.229. The number of nitrogens with zero attached hydrogens (tertiary/aromatic N) is 6. The van der Waals surface area contributed by atoms with Gasteiger partial charge in [-0.2, -0.15) is 5.26 Å². The molecule has 1 aliphatic carbocycles. The van der Waals surface area contributed by atoms with E-state index in [0.29, 0.717) is 22.6 Å². The third-order valence-corrected chi connectivity index (χ3v) is 7.05. The van der Waals surface area contributed by atoms with Crippen LogP contribution in [-0.4, -0.2) is 35.2 Å². The smallest absolute Gasteiger partial charge is 0.200 e. The van der Waals surface area contributed by atoms with Crippen LogP contribution in [0.3, 0.4) is 0 Å². The third kappa shape index (κ3) is 4.02. The number of aromatic nitrogens is 5. The van der Waals surface area contributed by atoms with Crippen LogP contribution in [0.5, 0.6) is 0 Å². The van der Waals surface area contributed by atoms with Crippen LogP contribution < -0.4 is 0 Å². The van der Waals surface area contributed by atoms with Crippen molar-refractivity contribution in [2.75, 3.05) is 5.75 Å². The summed E-state index contributed by atoms with van der Waals surface area (Å²) >= 11 is 1.37.